The third kappa shape index (κ3) is 3.62. The van der Waals surface area contributed by atoms with Gasteiger partial charge in [0.05, 0.1) is 17.1 Å². The summed E-state index contributed by atoms with van der Waals surface area (Å²) in [5.41, 5.74) is 2.14. The molecular formula is C21H20ClN3O3S2. The van der Waals surface area contributed by atoms with Crippen LogP contribution in [0.25, 0.3) is 16.9 Å². The summed E-state index contributed by atoms with van der Waals surface area (Å²) in [7, 11) is -1.36. The molecule has 0 bridgehead atoms. The Morgan fingerprint density at radius 1 is 1.23 bits per heavy atom. The first-order chi connectivity index (χ1) is 14.3. The van der Waals surface area contributed by atoms with Crippen LogP contribution in [-0.4, -0.2) is 41.9 Å². The summed E-state index contributed by atoms with van der Waals surface area (Å²) in [6.45, 7) is 0.712. The van der Waals surface area contributed by atoms with Crippen LogP contribution < -0.4 is 5.56 Å². The molecule has 6 nitrogen and oxygen atoms in total. The number of sulfone groups is 1. The molecule has 0 atom stereocenters. The zero-order valence-electron chi connectivity index (χ0n) is 16.3. The summed E-state index contributed by atoms with van der Waals surface area (Å²) in [5.74, 6) is -0.0164. The van der Waals surface area contributed by atoms with Crippen LogP contribution in [0.2, 0.25) is 5.02 Å². The molecule has 0 N–H and O–H groups in total. The van der Waals surface area contributed by atoms with Crippen LogP contribution in [0.4, 0.5) is 0 Å². The van der Waals surface area contributed by atoms with Crippen molar-refractivity contribution in [3.63, 3.8) is 0 Å². The van der Waals surface area contributed by atoms with Gasteiger partial charge in [0.2, 0.25) is 0 Å². The second-order valence-electron chi connectivity index (χ2n) is 7.87. The first-order valence-corrected chi connectivity index (χ1v) is 12.6. The predicted octanol–water partition coefficient (Wildman–Crippen LogP) is 3.54. The fourth-order valence-electron chi connectivity index (χ4n) is 3.80. The molecule has 1 saturated carbocycles. The minimum Gasteiger partial charge on any atom is -0.298 e. The smallest absolute Gasteiger partial charge is 0.271 e. The van der Waals surface area contributed by atoms with Crippen molar-refractivity contribution in [2.24, 2.45) is 0 Å². The van der Waals surface area contributed by atoms with Gasteiger partial charge in [-0.05, 0) is 62.2 Å². The minimum atomic E-state index is -3.43. The summed E-state index contributed by atoms with van der Waals surface area (Å²) in [6, 6.07) is 10.9. The normalized spacial score (nSPS) is 17.4. The molecule has 3 aromatic rings. The molecule has 0 radical (unpaired) electrons. The van der Waals surface area contributed by atoms with Crippen molar-refractivity contribution in [2.45, 2.75) is 36.1 Å². The lowest BCUT2D eigenvalue weighted by Gasteiger charge is -2.13. The van der Waals surface area contributed by atoms with Crippen LogP contribution in [0.1, 0.15) is 23.3 Å². The van der Waals surface area contributed by atoms with Crippen molar-refractivity contribution in [2.75, 3.05) is 12.8 Å². The lowest BCUT2D eigenvalue weighted by molar-refractivity contribution is 0.319. The number of halogens is 1. The highest BCUT2D eigenvalue weighted by molar-refractivity contribution is 7.93. The lowest BCUT2D eigenvalue weighted by atomic mass is 10.1. The molecule has 1 aliphatic carbocycles. The van der Waals surface area contributed by atoms with Gasteiger partial charge in [-0.25, -0.2) is 8.42 Å². The highest BCUT2D eigenvalue weighted by atomic mass is 35.5. The van der Waals surface area contributed by atoms with Gasteiger partial charge in [0.1, 0.15) is 4.21 Å². The Labute approximate surface area is 183 Å². The molecule has 3 heterocycles. The molecule has 2 aliphatic rings. The summed E-state index contributed by atoms with van der Waals surface area (Å²) < 4.78 is 27.6. The van der Waals surface area contributed by atoms with E-state index in [1.165, 1.54) is 34.9 Å². The molecular weight excluding hydrogens is 442 g/mol. The van der Waals surface area contributed by atoms with E-state index in [9.17, 15) is 13.2 Å². The van der Waals surface area contributed by atoms with Gasteiger partial charge in [-0.3, -0.25) is 9.69 Å². The maximum absolute atomic E-state index is 13.0. The Kier molecular flexibility index (Phi) is 4.85. The van der Waals surface area contributed by atoms with Crippen molar-refractivity contribution in [3.8, 4) is 16.9 Å². The van der Waals surface area contributed by atoms with Gasteiger partial charge in [-0.2, -0.15) is 9.78 Å². The highest BCUT2D eigenvalue weighted by Gasteiger charge is 2.32. The molecule has 30 heavy (non-hydrogen) atoms. The number of rotatable bonds is 4. The third-order valence-corrected chi connectivity index (χ3v) is 9.29. The van der Waals surface area contributed by atoms with E-state index in [2.05, 4.69) is 17.0 Å². The van der Waals surface area contributed by atoms with E-state index in [0.717, 1.165) is 4.88 Å². The van der Waals surface area contributed by atoms with E-state index < -0.39 is 9.84 Å². The second-order valence-corrected chi connectivity index (χ2v) is 11.8. The maximum Gasteiger partial charge on any atom is 0.271 e. The van der Waals surface area contributed by atoms with Crippen molar-refractivity contribution in [3.05, 3.63) is 62.2 Å². The van der Waals surface area contributed by atoms with Crippen LogP contribution >= 0.6 is 22.9 Å². The highest BCUT2D eigenvalue weighted by Crippen LogP contribution is 2.40. The zero-order valence-corrected chi connectivity index (χ0v) is 18.7. The Hall–Kier alpha value is -2.00. The fraction of sp³-hybridized carbons (Fsp3) is 0.333. The monoisotopic (exact) mass is 461 g/mol. The molecule has 5 rings (SSSR count). The van der Waals surface area contributed by atoms with Crippen molar-refractivity contribution in [1.29, 1.82) is 0 Å². The Morgan fingerprint density at radius 2 is 1.97 bits per heavy atom. The first-order valence-electron chi connectivity index (χ1n) is 9.77. The number of fused-ring (bicyclic) bond motifs is 3. The van der Waals surface area contributed by atoms with E-state index in [1.54, 1.807) is 24.3 Å². The molecule has 1 aliphatic heterocycles. The molecule has 0 saturated heterocycles. The first kappa shape index (κ1) is 19.9. The lowest BCUT2D eigenvalue weighted by Crippen LogP contribution is -2.22. The molecule has 2 aromatic heterocycles. The van der Waals surface area contributed by atoms with Gasteiger partial charge < -0.3 is 0 Å². The van der Waals surface area contributed by atoms with Gasteiger partial charge >= 0.3 is 0 Å². The predicted molar refractivity (Wildman–Crippen MR) is 118 cm³/mol. The Bertz CT molecular complexity index is 1290. The molecule has 0 spiro atoms. The van der Waals surface area contributed by atoms with Gasteiger partial charge in [-0.1, -0.05) is 11.6 Å². The van der Waals surface area contributed by atoms with E-state index in [-0.39, 0.29) is 17.7 Å². The van der Waals surface area contributed by atoms with E-state index >= 15 is 0 Å². The standard InChI is InChI=1S/C21H20ClN3O3S2/c1-24(15-6-7-15)12-17-11-18-20-13(8-9-30(27,28)21(18)29-17)10-19(26)25(23-20)16-4-2-14(22)3-5-16/h2-5,10-11,15H,6-9,12H2,1H3. The summed E-state index contributed by atoms with van der Waals surface area (Å²) in [5, 5.41) is 5.18. The van der Waals surface area contributed by atoms with Gasteiger partial charge in [0.15, 0.2) is 9.84 Å². The number of aromatic nitrogens is 2. The SMILES string of the molecule is CN(Cc1cc2c(s1)S(=O)(=O)CCc1cc(=O)n(-c3ccc(Cl)cc3)nc1-2)C1CC1. The number of hydrogen-bond acceptors (Lipinski definition) is 6. The van der Waals surface area contributed by atoms with Crippen molar-refractivity contribution < 1.29 is 8.42 Å². The third-order valence-electron chi connectivity index (χ3n) is 5.58. The van der Waals surface area contributed by atoms with Crippen LogP contribution in [0.5, 0.6) is 0 Å². The van der Waals surface area contributed by atoms with E-state index in [0.29, 0.717) is 44.3 Å². The van der Waals surface area contributed by atoms with Crippen LogP contribution in [0.15, 0.2) is 45.4 Å². The second kappa shape index (κ2) is 7.30. The number of hydrogen-bond donors (Lipinski definition) is 0. The molecule has 1 fully saturated rings. The summed E-state index contributed by atoms with van der Waals surface area (Å²) in [6.07, 6.45) is 2.66. The van der Waals surface area contributed by atoms with Gasteiger partial charge in [0.25, 0.3) is 5.56 Å². The summed E-state index contributed by atoms with van der Waals surface area (Å²) in [4.78, 5) is 16.0. The quantitative estimate of drug-likeness (QED) is 0.594. The Balaban J connectivity index is 1.65. The fourth-order valence-corrected chi connectivity index (χ4v) is 7.12. The molecule has 0 amide bonds. The topological polar surface area (TPSA) is 72.3 Å². The van der Waals surface area contributed by atoms with Crippen molar-refractivity contribution >= 4 is 32.8 Å². The largest absolute Gasteiger partial charge is 0.298 e. The van der Waals surface area contributed by atoms with Crippen LogP contribution in [-0.2, 0) is 22.8 Å². The van der Waals surface area contributed by atoms with Crippen molar-refractivity contribution in [1.82, 2.24) is 14.7 Å². The van der Waals surface area contributed by atoms with E-state index in [1.807, 2.05) is 6.07 Å². The number of nitrogens with zero attached hydrogens (tertiary/aromatic N) is 3. The molecule has 156 valence electrons. The maximum atomic E-state index is 13.0. The molecule has 0 unspecified atom stereocenters. The zero-order chi connectivity index (χ0) is 21.0. The van der Waals surface area contributed by atoms with Crippen LogP contribution in [0.3, 0.4) is 0 Å². The van der Waals surface area contributed by atoms with Gasteiger partial charge in [0, 0.05) is 34.1 Å². The van der Waals surface area contributed by atoms with E-state index in [4.69, 9.17) is 11.6 Å². The number of aryl methyl sites for hydroxylation is 1. The van der Waals surface area contributed by atoms with Crippen LogP contribution in [0, 0.1) is 0 Å². The average Bonchev–Trinajstić information content (AvgIpc) is 3.48. The Morgan fingerprint density at radius 3 is 2.67 bits per heavy atom. The summed E-state index contributed by atoms with van der Waals surface area (Å²) >= 11 is 7.29. The number of thiophene rings is 1. The molecule has 1 aromatic carbocycles. The minimum absolute atomic E-state index is 0.0164. The molecule has 9 heteroatoms. The average molecular weight is 462 g/mol. The number of benzene rings is 1. The van der Waals surface area contributed by atoms with Gasteiger partial charge in [-0.15, -0.1) is 11.3 Å².